The van der Waals surface area contributed by atoms with E-state index < -0.39 is 0 Å². The van der Waals surface area contributed by atoms with Crippen molar-refractivity contribution in [3.8, 4) is 0 Å². The molecule has 1 atom stereocenters. The molecule has 1 N–H and O–H groups in total. The van der Waals surface area contributed by atoms with Crippen LogP contribution in [0.15, 0.2) is 16.2 Å². The summed E-state index contributed by atoms with van der Waals surface area (Å²) >= 11 is 9.24. The number of nitrogens with zero attached hydrogens (tertiary/aromatic N) is 2. The molecule has 18 heavy (non-hydrogen) atoms. The lowest BCUT2D eigenvalue weighted by Gasteiger charge is -2.22. The second-order valence-electron chi connectivity index (χ2n) is 3.97. The molecule has 1 aliphatic rings. The van der Waals surface area contributed by atoms with Gasteiger partial charge in [0.1, 0.15) is 10.2 Å². The summed E-state index contributed by atoms with van der Waals surface area (Å²) in [6, 6.07) is 2.45. The molecule has 102 valence electrons. The van der Waals surface area contributed by atoms with Gasteiger partial charge in [-0.15, -0.1) is 24.2 Å². The van der Waals surface area contributed by atoms with Crippen molar-refractivity contribution in [1.29, 1.82) is 0 Å². The molecule has 1 unspecified atom stereocenters. The van der Waals surface area contributed by atoms with Crippen molar-refractivity contribution in [2.45, 2.75) is 35.5 Å². The highest BCUT2D eigenvalue weighted by atomic mass is 35.5. The predicted molar refractivity (Wildman–Crippen MR) is 82.4 cm³/mol. The zero-order valence-corrected chi connectivity index (χ0v) is 13.4. The fourth-order valence-corrected chi connectivity index (χ4v) is 3.53. The van der Waals surface area contributed by atoms with Crippen LogP contribution in [0, 0.1) is 0 Å². The van der Waals surface area contributed by atoms with Crippen LogP contribution in [-0.2, 0) is 0 Å². The normalized spacial score (nSPS) is 19.3. The Hall–Kier alpha value is 0.320. The van der Waals surface area contributed by atoms with Crippen LogP contribution in [0.3, 0.4) is 0 Å². The Morgan fingerprint density at radius 2 is 2.28 bits per heavy atom. The quantitative estimate of drug-likeness (QED) is 0.521. The highest BCUT2D eigenvalue weighted by Crippen LogP contribution is 2.24. The summed E-state index contributed by atoms with van der Waals surface area (Å²) in [5.74, 6) is 1.06. The summed E-state index contributed by atoms with van der Waals surface area (Å²) < 4.78 is 0. The van der Waals surface area contributed by atoms with Gasteiger partial charge in [-0.1, -0.05) is 29.8 Å². The summed E-state index contributed by atoms with van der Waals surface area (Å²) in [5, 5.41) is 5.78. The van der Waals surface area contributed by atoms with Crippen LogP contribution in [0.4, 0.5) is 0 Å². The minimum Gasteiger partial charge on any atom is -0.313 e. The number of thioether (sulfide) groups is 2. The standard InChI is InChI=1S/C11H16ClN3S2.ClH/c1-16-11-14-9(12)6-10(15-11)17-7-8-4-2-3-5-13-8;/h6,8,13H,2-5,7H2,1H3;1H. The van der Waals surface area contributed by atoms with Crippen LogP contribution in [0.5, 0.6) is 0 Å². The molecule has 1 fully saturated rings. The Morgan fingerprint density at radius 3 is 2.94 bits per heavy atom. The van der Waals surface area contributed by atoms with Gasteiger partial charge in [0.05, 0.1) is 0 Å². The molecule has 0 spiro atoms. The van der Waals surface area contributed by atoms with E-state index in [9.17, 15) is 0 Å². The van der Waals surface area contributed by atoms with E-state index in [1.165, 1.54) is 31.0 Å². The van der Waals surface area contributed by atoms with Crippen molar-refractivity contribution in [2.75, 3.05) is 18.6 Å². The molecule has 7 heteroatoms. The third-order valence-corrected chi connectivity index (χ3v) is 4.49. The zero-order chi connectivity index (χ0) is 12.1. The van der Waals surface area contributed by atoms with Gasteiger partial charge in [-0.3, -0.25) is 0 Å². The summed E-state index contributed by atoms with van der Waals surface area (Å²) in [7, 11) is 0. The Bertz CT molecular complexity index is 373. The second-order valence-corrected chi connectivity index (χ2v) is 6.17. The number of hydrogen-bond donors (Lipinski definition) is 1. The van der Waals surface area contributed by atoms with Crippen LogP contribution in [0.25, 0.3) is 0 Å². The first kappa shape index (κ1) is 16.4. The van der Waals surface area contributed by atoms with E-state index in [4.69, 9.17) is 11.6 Å². The lowest BCUT2D eigenvalue weighted by atomic mass is 10.1. The summed E-state index contributed by atoms with van der Waals surface area (Å²) in [6.07, 6.45) is 5.86. The SMILES string of the molecule is CSc1nc(Cl)cc(SCC2CCCCN2)n1.Cl. The van der Waals surface area contributed by atoms with Gasteiger partial charge in [0, 0.05) is 17.9 Å². The average Bonchev–Trinajstić information content (AvgIpc) is 2.37. The van der Waals surface area contributed by atoms with Gasteiger partial charge >= 0.3 is 0 Å². The number of rotatable bonds is 4. The molecule has 1 aromatic heterocycles. The molecule has 0 saturated carbocycles. The Kier molecular flexibility index (Phi) is 7.72. The van der Waals surface area contributed by atoms with E-state index in [0.29, 0.717) is 11.2 Å². The fraction of sp³-hybridized carbons (Fsp3) is 0.636. The molecule has 0 radical (unpaired) electrons. The lowest BCUT2D eigenvalue weighted by Crippen LogP contribution is -2.35. The van der Waals surface area contributed by atoms with Gasteiger partial charge in [-0.05, 0) is 25.6 Å². The molecular weight excluding hydrogens is 309 g/mol. The maximum atomic E-state index is 5.96. The zero-order valence-electron chi connectivity index (χ0n) is 10.2. The Morgan fingerprint density at radius 1 is 1.44 bits per heavy atom. The minimum absolute atomic E-state index is 0. The molecule has 0 aromatic carbocycles. The van der Waals surface area contributed by atoms with E-state index >= 15 is 0 Å². The summed E-state index contributed by atoms with van der Waals surface area (Å²) in [4.78, 5) is 8.57. The molecule has 1 aliphatic heterocycles. The molecule has 1 saturated heterocycles. The monoisotopic (exact) mass is 325 g/mol. The first-order valence-corrected chi connectivity index (χ1v) is 8.31. The largest absolute Gasteiger partial charge is 0.313 e. The van der Waals surface area contributed by atoms with Gasteiger partial charge in [0.2, 0.25) is 0 Å². The van der Waals surface area contributed by atoms with Gasteiger partial charge in [-0.25, -0.2) is 9.97 Å². The number of nitrogens with one attached hydrogen (secondary N) is 1. The molecule has 2 rings (SSSR count). The third-order valence-electron chi connectivity index (χ3n) is 2.68. The van der Waals surface area contributed by atoms with Crippen molar-refractivity contribution < 1.29 is 0 Å². The Labute approximate surface area is 128 Å². The van der Waals surface area contributed by atoms with Crippen LogP contribution >= 0.6 is 47.5 Å². The van der Waals surface area contributed by atoms with Gasteiger partial charge in [-0.2, -0.15) is 0 Å². The number of aromatic nitrogens is 2. The Balaban J connectivity index is 0.00000162. The highest BCUT2D eigenvalue weighted by Gasteiger charge is 2.13. The maximum Gasteiger partial charge on any atom is 0.189 e. The molecule has 0 amide bonds. The van der Waals surface area contributed by atoms with Crippen molar-refractivity contribution in [3.05, 3.63) is 11.2 Å². The summed E-state index contributed by atoms with van der Waals surface area (Å²) in [5.41, 5.74) is 0. The highest BCUT2D eigenvalue weighted by molar-refractivity contribution is 7.99. The lowest BCUT2D eigenvalue weighted by molar-refractivity contribution is 0.430. The summed E-state index contributed by atoms with van der Waals surface area (Å²) in [6.45, 7) is 1.14. The van der Waals surface area contributed by atoms with Gasteiger partial charge in [0.15, 0.2) is 5.16 Å². The van der Waals surface area contributed by atoms with E-state index in [-0.39, 0.29) is 12.4 Å². The van der Waals surface area contributed by atoms with E-state index in [0.717, 1.165) is 22.5 Å². The van der Waals surface area contributed by atoms with E-state index in [1.54, 1.807) is 11.8 Å². The van der Waals surface area contributed by atoms with Crippen LogP contribution in [-0.4, -0.2) is 34.6 Å². The first-order chi connectivity index (χ1) is 8.28. The molecule has 3 nitrogen and oxygen atoms in total. The van der Waals surface area contributed by atoms with Crippen LogP contribution in [0.1, 0.15) is 19.3 Å². The molecule has 1 aromatic rings. The third kappa shape index (κ3) is 5.13. The van der Waals surface area contributed by atoms with Crippen LogP contribution < -0.4 is 5.32 Å². The predicted octanol–water partition coefficient (Wildman–Crippen LogP) is 3.51. The van der Waals surface area contributed by atoms with Crippen molar-refractivity contribution in [2.24, 2.45) is 0 Å². The second kappa shape index (κ2) is 8.48. The fourth-order valence-electron chi connectivity index (χ4n) is 1.79. The van der Waals surface area contributed by atoms with E-state index in [2.05, 4.69) is 15.3 Å². The number of piperidine rings is 1. The smallest absolute Gasteiger partial charge is 0.189 e. The molecule has 0 aliphatic carbocycles. The van der Waals surface area contributed by atoms with Crippen molar-refractivity contribution >= 4 is 47.5 Å². The molecular formula is C11H17Cl2N3S2. The molecule has 0 bridgehead atoms. The van der Waals surface area contributed by atoms with Crippen molar-refractivity contribution in [1.82, 2.24) is 15.3 Å². The number of halogens is 2. The maximum absolute atomic E-state index is 5.96. The average molecular weight is 326 g/mol. The van der Waals surface area contributed by atoms with Crippen molar-refractivity contribution in [3.63, 3.8) is 0 Å². The number of hydrogen-bond acceptors (Lipinski definition) is 5. The van der Waals surface area contributed by atoms with Crippen LogP contribution in [0.2, 0.25) is 5.15 Å². The topological polar surface area (TPSA) is 37.8 Å². The van der Waals surface area contributed by atoms with Gasteiger partial charge in [0.25, 0.3) is 0 Å². The first-order valence-electron chi connectivity index (χ1n) is 5.72. The molecule has 2 heterocycles. The van der Waals surface area contributed by atoms with Gasteiger partial charge < -0.3 is 5.32 Å². The van der Waals surface area contributed by atoms with E-state index in [1.807, 2.05) is 12.3 Å². The minimum atomic E-state index is 0.